The lowest BCUT2D eigenvalue weighted by atomic mass is 10.1. The fraction of sp³-hybridized carbons (Fsp3) is 0.545. The third kappa shape index (κ3) is 5.39. The number of morpholine rings is 1. The first-order valence-corrected chi connectivity index (χ1v) is 14.0. The Labute approximate surface area is 199 Å². The van der Waals surface area contributed by atoms with Crippen molar-refractivity contribution >= 4 is 33.4 Å². The van der Waals surface area contributed by atoms with Gasteiger partial charge in [-0.2, -0.15) is 4.31 Å². The molecule has 1 aromatic carbocycles. The van der Waals surface area contributed by atoms with E-state index in [1.165, 1.54) is 35.5 Å². The highest BCUT2D eigenvalue weighted by Gasteiger charge is 2.28. The third-order valence-corrected chi connectivity index (χ3v) is 8.92. The van der Waals surface area contributed by atoms with Crippen LogP contribution in [0.4, 0.5) is 0 Å². The Balaban J connectivity index is 1.70. The molecule has 1 saturated carbocycles. The standard InChI is InChI=1S/C22H29ClN4O3S2/c23-11-6-16-31-22-25-24-21(27(22)19-8-3-1-2-4-9-19)18-7-5-10-20(17-18)32(28,29)26-12-14-30-15-13-26/h5-7,10-11,17,19H,1-4,8-9,12-16H2/b11-6+. The largest absolute Gasteiger partial charge is 0.379 e. The molecule has 0 atom stereocenters. The molecule has 1 aliphatic heterocycles. The molecule has 7 nitrogen and oxygen atoms in total. The zero-order valence-corrected chi connectivity index (χ0v) is 20.4. The molecule has 174 valence electrons. The molecule has 2 heterocycles. The van der Waals surface area contributed by atoms with Crippen LogP contribution in [-0.2, 0) is 14.8 Å². The van der Waals surface area contributed by atoms with E-state index in [2.05, 4.69) is 14.8 Å². The van der Waals surface area contributed by atoms with Crippen LogP contribution in [0.5, 0.6) is 0 Å². The number of hydrogen-bond acceptors (Lipinski definition) is 6. The van der Waals surface area contributed by atoms with Gasteiger partial charge in [0.2, 0.25) is 10.0 Å². The van der Waals surface area contributed by atoms with Crippen molar-refractivity contribution in [2.24, 2.45) is 0 Å². The summed E-state index contributed by atoms with van der Waals surface area (Å²) in [6.07, 6.45) is 8.90. The molecular weight excluding hydrogens is 468 g/mol. The minimum absolute atomic E-state index is 0.284. The molecule has 0 bridgehead atoms. The molecule has 2 aliphatic rings. The Morgan fingerprint density at radius 1 is 1.12 bits per heavy atom. The molecule has 0 radical (unpaired) electrons. The van der Waals surface area contributed by atoms with Crippen LogP contribution in [-0.4, -0.2) is 59.5 Å². The number of ether oxygens (including phenoxy) is 1. The van der Waals surface area contributed by atoms with Crippen LogP contribution >= 0.6 is 23.4 Å². The van der Waals surface area contributed by atoms with Gasteiger partial charge in [-0.3, -0.25) is 4.57 Å². The van der Waals surface area contributed by atoms with Crippen LogP contribution in [0.1, 0.15) is 44.6 Å². The normalized spacial score (nSPS) is 19.4. The maximum Gasteiger partial charge on any atom is 0.243 e. The highest BCUT2D eigenvalue weighted by Crippen LogP contribution is 2.35. The second kappa shape index (κ2) is 11.2. The summed E-state index contributed by atoms with van der Waals surface area (Å²) in [5.74, 6) is 1.44. The Morgan fingerprint density at radius 3 is 2.59 bits per heavy atom. The van der Waals surface area contributed by atoms with Crippen LogP contribution in [0.3, 0.4) is 0 Å². The maximum atomic E-state index is 13.2. The topological polar surface area (TPSA) is 77.3 Å². The number of thioether (sulfide) groups is 1. The summed E-state index contributed by atoms with van der Waals surface area (Å²) in [5, 5.41) is 9.84. The van der Waals surface area contributed by atoms with E-state index in [1.54, 1.807) is 30.0 Å². The van der Waals surface area contributed by atoms with E-state index in [0.29, 0.717) is 38.1 Å². The number of halogens is 1. The smallest absolute Gasteiger partial charge is 0.243 e. The molecule has 0 spiro atoms. The van der Waals surface area contributed by atoms with Gasteiger partial charge in [0.1, 0.15) is 0 Å². The van der Waals surface area contributed by atoms with Crippen molar-refractivity contribution in [2.45, 2.75) is 54.6 Å². The number of hydrogen-bond donors (Lipinski definition) is 0. The Bertz CT molecular complexity index is 1030. The van der Waals surface area contributed by atoms with Gasteiger partial charge in [0.25, 0.3) is 0 Å². The lowest BCUT2D eigenvalue weighted by Crippen LogP contribution is -2.40. The molecule has 0 N–H and O–H groups in total. The Morgan fingerprint density at radius 2 is 1.88 bits per heavy atom. The average Bonchev–Trinajstić information content (AvgIpc) is 3.05. The van der Waals surface area contributed by atoms with E-state index in [0.717, 1.165) is 29.4 Å². The zero-order chi connectivity index (χ0) is 22.4. The second-order valence-corrected chi connectivity index (χ2v) is 11.2. The van der Waals surface area contributed by atoms with Crippen LogP contribution in [0, 0.1) is 0 Å². The van der Waals surface area contributed by atoms with Gasteiger partial charge >= 0.3 is 0 Å². The first kappa shape index (κ1) is 23.8. The van der Waals surface area contributed by atoms with Crippen LogP contribution < -0.4 is 0 Å². The van der Waals surface area contributed by atoms with Crippen LogP contribution in [0.15, 0.2) is 45.9 Å². The SMILES string of the molecule is O=S(=O)(c1cccc(-c2nnc(SC/C=C/Cl)n2C2CCCCCC2)c1)N1CCOCC1. The Hall–Kier alpha value is -1.39. The lowest BCUT2D eigenvalue weighted by molar-refractivity contribution is 0.0730. The Kier molecular flexibility index (Phi) is 8.28. The maximum absolute atomic E-state index is 13.2. The highest BCUT2D eigenvalue weighted by atomic mass is 35.5. The number of aromatic nitrogens is 3. The molecule has 2 fully saturated rings. The van der Waals surface area contributed by atoms with Crippen molar-refractivity contribution in [1.82, 2.24) is 19.1 Å². The highest BCUT2D eigenvalue weighted by molar-refractivity contribution is 7.99. The predicted octanol–water partition coefficient (Wildman–Crippen LogP) is 4.71. The minimum Gasteiger partial charge on any atom is -0.379 e. The van der Waals surface area contributed by atoms with Crippen molar-refractivity contribution in [2.75, 3.05) is 32.1 Å². The number of nitrogens with zero attached hydrogens (tertiary/aromatic N) is 4. The summed E-state index contributed by atoms with van der Waals surface area (Å²) in [6, 6.07) is 7.40. The van der Waals surface area contributed by atoms with Gasteiger partial charge in [0, 0.05) is 36.0 Å². The zero-order valence-electron chi connectivity index (χ0n) is 18.0. The van der Waals surface area contributed by atoms with E-state index < -0.39 is 10.0 Å². The van der Waals surface area contributed by atoms with Gasteiger partial charge in [0.15, 0.2) is 11.0 Å². The van der Waals surface area contributed by atoms with Crippen molar-refractivity contribution in [1.29, 1.82) is 0 Å². The molecular formula is C22H29ClN4O3S2. The summed E-state index contributed by atoms with van der Waals surface area (Å²) < 4.78 is 35.4. The van der Waals surface area contributed by atoms with Crippen LogP contribution in [0.2, 0.25) is 0 Å². The minimum atomic E-state index is -3.58. The average molecular weight is 497 g/mol. The van der Waals surface area contributed by atoms with Gasteiger partial charge in [-0.15, -0.1) is 10.2 Å². The molecule has 0 unspecified atom stereocenters. The molecule has 1 aliphatic carbocycles. The summed E-state index contributed by atoms with van der Waals surface area (Å²) in [6.45, 7) is 1.60. The molecule has 0 amide bonds. The van der Waals surface area contributed by atoms with Crippen molar-refractivity contribution in [3.8, 4) is 11.4 Å². The van der Waals surface area contributed by atoms with Gasteiger partial charge in [0.05, 0.1) is 18.1 Å². The molecule has 32 heavy (non-hydrogen) atoms. The van der Waals surface area contributed by atoms with E-state index in [1.807, 2.05) is 12.1 Å². The van der Waals surface area contributed by atoms with Crippen molar-refractivity contribution in [3.05, 3.63) is 35.9 Å². The molecule has 4 rings (SSSR count). The molecule has 1 saturated heterocycles. The van der Waals surface area contributed by atoms with Crippen molar-refractivity contribution < 1.29 is 13.2 Å². The van der Waals surface area contributed by atoms with Crippen molar-refractivity contribution in [3.63, 3.8) is 0 Å². The summed E-state index contributed by atoms with van der Waals surface area (Å²) in [5.41, 5.74) is 2.29. The quantitative estimate of drug-likeness (QED) is 0.408. The van der Waals surface area contributed by atoms with E-state index in [4.69, 9.17) is 16.3 Å². The second-order valence-electron chi connectivity index (χ2n) is 8.04. The number of benzene rings is 1. The van der Waals surface area contributed by atoms with Crippen LogP contribution in [0.25, 0.3) is 11.4 Å². The van der Waals surface area contributed by atoms with E-state index >= 15 is 0 Å². The molecule has 2 aromatic rings. The summed E-state index contributed by atoms with van der Waals surface area (Å²) in [4.78, 5) is 0.284. The van der Waals surface area contributed by atoms with E-state index in [9.17, 15) is 8.42 Å². The number of sulfonamides is 1. The summed E-state index contributed by atoms with van der Waals surface area (Å²) >= 11 is 7.30. The number of rotatable bonds is 7. The fourth-order valence-corrected chi connectivity index (χ4v) is 6.77. The lowest BCUT2D eigenvalue weighted by Gasteiger charge is -2.26. The first-order chi connectivity index (χ1) is 15.6. The van der Waals surface area contributed by atoms with E-state index in [-0.39, 0.29) is 4.90 Å². The first-order valence-electron chi connectivity index (χ1n) is 11.1. The van der Waals surface area contributed by atoms with Gasteiger partial charge in [-0.05, 0) is 25.0 Å². The summed E-state index contributed by atoms with van der Waals surface area (Å²) in [7, 11) is -3.58. The van der Waals surface area contributed by atoms with Gasteiger partial charge in [-0.25, -0.2) is 8.42 Å². The fourth-order valence-electron chi connectivity index (χ4n) is 4.31. The third-order valence-electron chi connectivity index (χ3n) is 5.95. The molecule has 10 heteroatoms. The van der Waals surface area contributed by atoms with Gasteiger partial charge < -0.3 is 4.74 Å². The predicted molar refractivity (Wildman–Crippen MR) is 127 cm³/mol. The monoisotopic (exact) mass is 496 g/mol. The molecule has 1 aromatic heterocycles. The van der Waals surface area contributed by atoms with Gasteiger partial charge in [-0.1, -0.05) is 67.3 Å².